The fourth-order valence-electron chi connectivity index (χ4n) is 2.64. The molecule has 3 heteroatoms. The van der Waals surface area contributed by atoms with E-state index >= 15 is 0 Å². The average molecular weight is 290 g/mol. The maximum atomic E-state index is 5.83. The highest BCUT2D eigenvalue weighted by molar-refractivity contribution is 5.27. The highest BCUT2D eigenvalue weighted by Crippen LogP contribution is 2.26. The zero-order valence-corrected chi connectivity index (χ0v) is 13.6. The van der Waals surface area contributed by atoms with Crippen LogP contribution >= 0.6 is 0 Å². The van der Waals surface area contributed by atoms with E-state index in [9.17, 15) is 0 Å². The van der Waals surface area contributed by atoms with E-state index in [0.29, 0.717) is 0 Å². The summed E-state index contributed by atoms with van der Waals surface area (Å²) in [6, 6.07) is 8.45. The Kier molecular flexibility index (Phi) is 7.04. The Bertz CT molecular complexity index is 387. The molecule has 0 aromatic heterocycles. The minimum atomic E-state index is 0.774. The topological polar surface area (TPSA) is 24.5 Å². The third kappa shape index (κ3) is 6.06. The first kappa shape index (κ1) is 16.3. The van der Waals surface area contributed by atoms with Crippen molar-refractivity contribution in [3.05, 3.63) is 29.8 Å². The van der Waals surface area contributed by atoms with Crippen LogP contribution in [0.2, 0.25) is 0 Å². The Hall–Kier alpha value is -1.06. The Morgan fingerprint density at radius 3 is 2.62 bits per heavy atom. The first-order valence-electron chi connectivity index (χ1n) is 8.39. The zero-order valence-electron chi connectivity index (χ0n) is 13.6. The van der Waals surface area contributed by atoms with Crippen LogP contribution in [0.25, 0.3) is 0 Å². The number of benzene rings is 1. The van der Waals surface area contributed by atoms with Crippen LogP contribution in [-0.2, 0) is 6.54 Å². The summed E-state index contributed by atoms with van der Waals surface area (Å²) in [5.41, 5.74) is 1.32. The van der Waals surface area contributed by atoms with E-state index in [4.69, 9.17) is 4.74 Å². The molecule has 3 nitrogen and oxygen atoms in total. The Morgan fingerprint density at radius 1 is 1.24 bits per heavy atom. The minimum absolute atomic E-state index is 0.774. The molecule has 0 unspecified atom stereocenters. The van der Waals surface area contributed by atoms with Gasteiger partial charge in [-0.25, -0.2) is 0 Å². The summed E-state index contributed by atoms with van der Waals surface area (Å²) in [4.78, 5) is 2.40. The van der Waals surface area contributed by atoms with Crippen molar-refractivity contribution < 1.29 is 4.74 Å². The lowest BCUT2D eigenvalue weighted by atomic mass is 9.85. The summed E-state index contributed by atoms with van der Waals surface area (Å²) in [5, 5.41) is 3.41. The lowest BCUT2D eigenvalue weighted by Crippen LogP contribution is -2.32. The molecule has 1 N–H and O–H groups in total. The standard InChI is InChI=1S/C18H30N2O/c1-3-11-19-14-16-7-9-18(10-8-16)21-13-12-20(2)15-17-5-4-6-17/h7-10,17,19H,3-6,11-15H2,1-2H3. The third-order valence-corrected chi connectivity index (χ3v) is 4.22. The van der Waals surface area contributed by atoms with Crippen LogP contribution in [0.5, 0.6) is 5.75 Å². The van der Waals surface area contributed by atoms with Crippen molar-refractivity contribution in [2.75, 3.05) is 33.3 Å². The molecular formula is C18H30N2O. The normalized spacial score (nSPS) is 15.2. The van der Waals surface area contributed by atoms with E-state index < -0.39 is 0 Å². The number of rotatable bonds is 10. The highest BCUT2D eigenvalue weighted by atomic mass is 16.5. The Balaban J connectivity index is 1.61. The highest BCUT2D eigenvalue weighted by Gasteiger charge is 2.18. The van der Waals surface area contributed by atoms with Gasteiger partial charge in [-0.3, -0.25) is 0 Å². The van der Waals surface area contributed by atoms with Gasteiger partial charge in [0.2, 0.25) is 0 Å². The quantitative estimate of drug-likeness (QED) is 0.669. The zero-order chi connectivity index (χ0) is 14.9. The predicted molar refractivity (Wildman–Crippen MR) is 88.8 cm³/mol. The molecule has 1 aromatic carbocycles. The number of nitrogens with zero attached hydrogens (tertiary/aromatic N) is 1. The Morgan fingerprint density at radius 2 is 2.00 bits per heavy atom. The molecule has 0 aliphatic heterocycles. The first-order chi connectivity index (χ1) is 10.3. The smallest absolute Gasteiger partial charge is 0.119 e. The summed E-state index contributed by atoms with van der Waals surface area (Å²) in [6.07, 6.45) is 5.43. The first-order valence-corrected chi connectivity index (χ1v) is 8.39. The largest absolute Gasteiger partial charge is 0.492 e. The molecule has 0 radical (unpaired) electrons. The van der Waals surface area contributed by atoms with Gasteiger partial charge in [0.15, 0.2) is 0 Å². The number of nitrogens with one attached hydrogen (secondary N) is 1. The van der Waals surface area contributed by atoms with Gasteiger partial charge < -0.3 is 15.0 Å². The van der Waals surface area contributed by atoms with Crippen LogP contribution in [0.1, 0.15) is 38.2 Å². The molecule has 21 heavy (non-hydrogen) atoms. The molecule has 0 heterocycles. The SMILES string of the molecule is CCCNCc1ccc(OCCN(C)CC2CCC2)cc1. The molecule has 0 amide bonds. The monoisotopic (exact) mass is 290 g/mol. The van der Waals surface area contributed by atoms with E-state index in [0.717, 1.165) is 37.9 Å². The van der Waals surface area contributed by atoms with Gasteiger partial charge in [0.25, 0.3) is 0 Å². The number of likely N-dealkylation sites (N-methyl/N-ethyl adjacent to an activating group) is 1. The van der Waals surface area contributed by atoms with Crippen molar-refractivity contribution in [2.45, 2.75) is 39.2 Å². The molecule has 0 saturated heterocycles. The van der Waals surface area contributed by atoms with Gasteiger partial charge in [-0.2, -0.15) is 0 Å². The van der Waals surface area contributed by atoms with E-state index in [1.807, 2.05) is 0 Å². The van der Waals surface area contributed by atoms with Gasteiger partial charge >= 0.3 is 0 Å². The molecule has 1 saturated carbocycles. The summed E-state index contributed by atoms with van der Waals surface area (Å²) < 4.78 is 5.83. The molecule has 0 bridgehead atoms. The van der Waals surface area contributed by atoms with Crippen molar-refractivity contribution in [2.24, 2.45) is 5.92 Å². The van der Waals surface area contributed by atoms with Crippen LogP contribution in [0.3, 0.4) is 0 Å². The summed E-state index contributed by atoms with van der Waals surface area (Å²) in [7, 11) is 2.20. The second-order valence-electron chi connectivity index (χ2n) is 6.23. The molecular weight excluding hydrogens is 260 g/mol. The van der Waals surface area contributed by atoms with E-state index in [1.54, 1.807) is 0 Å². The Labute approximate surface area is 129 Å². The fraction of sp³-hybridized carbons (Fsp3) is 0.667. The molecule has 118 valence electrons. The maximum absolute atomic E-state index is 5.83. The lowest BCUT2D eigenvalue weighted by molar-refractivity contribution is 0.177. The van der Waals surface area contributed by atoms with Gasteiger partial charge in [0.1, 0.15) is 12.4 Å². The van der Waals surface area contributed by atoms with Crippen molar-refractivity contribution in [3.8, 4) is 5.75 Å². The van der Waals surface area contributed by atoms with Crippen LogP contribution in [0, 0.1) is 5.92 Å². The molecule has 2 rings (SSSR count). The van der Waals surface area contributed by atoms with E-state index in [-0.39, 0.29) is 0 Å². The van der Waals surface area contributed by atoms with Crippen LogP contribution in [0.15, 0.2) is 24.3 Å². The molecule has 1 aliphatic rings. The number of ether oxygens (including phenoxy) is 1. The molecule has 1 aliphatic carbocycles. The van der Waals surface area contributed by atoms with Crippen molar-refractivity contribution >= 4 is 0 Å². The lowest BCUT2D eigenvalue weighted by Gasteiger charge is -2.30. The average Bonchev–Trinajstić information content (AvgIpc) is 2.45. The van der Waals surface area contributed by atoms with Crippen molar-refractivity contribution in [1.82, 2.24) is 10.2 Å². The summed E-state index contributed by atoms with van der Waals surface area (Å²) >= 11 is 0. The van der Waals surface area contributed by atoms with Crippen LogP contribution in [-0.4, -0.2) is 38.2 Å². The van der Waals surface area contributed by atoms with Gasteiger partial charge in [-0.15, -0.1) is 0 Å². The second-order valence-corrected chi connectivity index (χ2v) is 6.23. The number of hydrogen-bond donors (Lipinski definition) is 1. The maximum Gasteiger partial charge on any atom is 0.119 e. The van der Waals surface area contributed by atoms with Crippen molar-refractivity contribution in [3.63, 3.8) is 0 Å². The molecule has 1 aromatic rings. The second kappa shape index (κ2) is 9.06. The van der Waals surface area contributed by atoms with Gasteiger partial charge in [-0.05, 0) is 56.5 Å². The third-order valence-electron chi connectivity index (χ3n) is 4.22. The van der Waals surface area contributed by atoms with E-state index in [2.05, 4.69) is 48.5 Å². The van der Waals surface area contributed by atoms with Crippen LogP contribution < -0.4 is 10.1 Å². The molecule has 1 fully saturated rings. The predicted octanol–water partition coefficient (Wildman–Crippen LogP) is 3.30. The van der Waals surface area contributed by atoms with Crippen molar-refractivity contribution in [1.29, 1.82) is 0 Å². The minimum Gasteiger partial charge on any atom is -0.492 e. The van der Waals surface area contributed by atoms with E-state index in [1.165, 1.54) is 37.8 Å². The van der Waals surface area contributed by atoms with Crippen LogP contribution in [0.4, 0.5) is 0 Å². The van der Waals surface area contributed by atoms with Gasteiger partial charge in [0.05, 0.1) is 0 Å². The van der Waals surface area contributed by atoms with Gasteiger partial charge in [0, 0.05) is 19.6 Å². The molecule has 0 atom stereocenters. The summed E-state index contributed by atoms with van der Waals surface area (Å²) in [6.45, 7) is 7.22. The fourth-order valence-corrected chi connectivity index (χ4v) is 2.64. The summed E-state index contributed by atoms with van der Waals surface area (Å²) in [5.74, 6) is 1.91. The van der Waals surface area contributed by atoms with Gasteiger partial charge in [-0.1, -0.05) is 25.5 Å². The number of hydrogen-bond acceptors (Lipinski definition) is 3. The molecule has 0 spiro atoms.